The number of benzene rings is 2. The second kappa shape index (κ2) is 11.2. The van der Waals surface area contributed by atoms with Crippen molar-refractivity contribution in [2.45, 2.75) is 45.4 Å². The van der Waals surface area contributed by atoms with Crippen LogP contribution in [0.15, 0.2) is 53.0 Å². The lowest BCUT2D eigenvalue weighted by atomic mass is 10.1. The lowest BCUT2D eigenvalue weighted by Crippen LogP contribution is -2.55. The molecule has 184 valence electrons. The predicted octanol–water partition coefficient (Wildman–Crippen LogP) is 4.87. The van der Waals surface area contributed by atoms with Crippen LogP contribution in [0.4, 0.5) is 4.79 Å². The Bertz CT molecular complexity index is 973. The van der Waals surface area contributed by atoms with Gasteiger partial charge >= 0.3 is 6.09 Å². The summed E-state index contributed by atoms with van der Waals surface area (Å²) < 4.78 is 13.0. The van der Waals surface area contributed by atoms with E-state index in [-0.39, 0.29) is 24.1 Å². The van der Waals surface area contributed by atoms with Gasteiger partial charge < -0.3 is 19.7 Å². The average molecular weight is 532 g/mol. The first-order valence-corrected chi connectivity index (χ1v) is 12.3. The summed E-state index contributed by atoms with van der Waals surface area (Å²) in [4.78, 5) is 28.5. The molecule has 0 bridgehead atoms. The predicted molar refractivity (Wildman–Crippen MR) is 136 cm³/mol. The number of nitrogens with one attached hydrogen (secondary N) is 1. The fraction of sp³-hybridized carbons (Fsp3) is 0.462. The van der Waals surface area contributed by atoms with E-state index in [4.69, 9.17) is 9.47 Å². The van der Waals surface area contributed by atoms with Gasteiger partial charge in [0.25, 0.3) is 5.91 Å². The summed E-state index contributed by atoms with van der Waals surface area (Å²) in [6, 6.07) is 15.3. The molecule has 0 radical (unpaired) electrons. The lowest BCUT2D eigenvalue weighted by molar-refractivity contribution is -0.00298. The van der Waals surface area contributed by atoms with Crippen LogP contribution < -0.4 is 10.1 Å². The Morgan fingerprint density at radius 2 is 1.74 bits per heavy atom. The molecule has 0 spiro atoms. The Labute approximate surface area is 210 Å². The fourth-order valence-corrected chi connectivity index (χ4v) is 4.17. The van der Waals surface area contributed by atoms with Crippen molar-refractivity contribution in [2.75, 3.05) is 33.2 Å². The molecule has 1 aliphatic heterocycles. The minimum Gasteiger partial charge on any atom is -0.484 e. The summed E-state index contributed by atoms with van der Waals surface area (Å²) in [5.74, 6) is 0.564. The van der Waals surface area contributed by atoms with Crippen molar-refractivity contribution in [3.63, 3.8) is 0 Å². The van der Waals surface area contributed by atoms with Gasteiger partial charge in [-0.1, -0.05) is 28.1 Å². The smallest absolute Gasteiger partial charge is 0.410 e. The molecule has 7 nitrogen and oxygen atoms in total. The first-order chi connectivity index (χ1) is 16.1. The van der Waals surface area contributed by atoms with Gasteiger partial charge in [0.2, 0.25) is 0 Å². The summed E-state index contributed by atoms with van der Waals surface area (Å²) in [6.45, 7) is 10.4. The molecule has 0 aliphatic carbocycles. The molecular weight excluding hydrogens is 498 g/mol. The minimum absolute atomic E-state index is 0.0287. The van der Waals surface area contributed by atoms with Crippen LogP contribution in [-0.2, 0) is 4.74 Å². The number of halogens is 1. The van der Waals surface area contributed by atoms with Gasteiger partial charge in [-0.2, -0.15) is 0 Å². The largest absolute Gasteiger partial charge is 0.484 e. The molecule has 0 aromatic heterocycles. The van der Waals surface area contributed by atoms with Crippen molar-refractivity contribution in [1.29, 1.82) is 0 Å². The number of ether oxygens (including phenoxy) is 2. The van der Waals surface area contributed by atoms with Crippen LogP contribution in [-0.4, -0.2) is 66.7 Å². The van der Waals surface area contributed by atoms with Crippen molar-refractivity contribution < 1.29 is 19.1 Å². The molecule has 1 saturated heterocycles. The highest BCUT2D eigenvalue weighted by atomic mass is 79.9. The van der Waals surface area contributed by atoms with Gasteiger partial charge in [-0.25, -0.2) is 4.79 Å². The second-order valence-electron chi connectivity index (χ2n) is 9.54. The Balaban J connectivity index is 1.71. The Hall–Kier alpha value is -2.58. The fourth-order valence-electron chi connectivity index (χ4n) is 3.91. The highest BCUT2D eigenvalue weighted by Crippen LogP contribution is 2.26. The van der Waals surface area contributed by atoms with E-state index >= 15 is 0 Å². The maximum absolute atomic E-state index is 12.6. The number of hydrogen-bond donors (Lipinski definition) is 1. The van der Waals surface area contributed by atoms with Gasteiger partial charge in [-0.3, -0.25) is 9.69 Å². The highest BCUT2D eigenvalue weighted by molar-refractivity contribution is 9.10. The second-order valence-corrected chi connectivity index (χ2v) is 10.5. The molecule has 2 amide bonds. The minimum atomic E-state index is -0.512. The molecular formula is C26H34BrN3O4. The maximum atomic E-state index is 12.6. The molecule has 34 heavy (non-hydrogen) atoms. The van der Waals surface area contributed by atoms with E-state index in [1.54, 1.807) is 24.1 Å². The Kier molecular flexibility index (Phi) is 8.60. The third kappa shape index (κ3) is 7.21. The van der Waals surface area contributed by atoms with E-state index in [9.17, 15) is 9.59 Å². The maximum Gasteiger partial charge on any atom is 0.410 e. The molecule has 2 atom stereocenters. The standard InChI is InChI=1S/C26H34BrN3O4/c1-18-16-29(14-15-30(18)25(32)34-26(2,3)4)17-23(19-6-10-21(27)11-7-19)33-22-12-8-20(9-13-22)24(31)28-5/h6-13,18,23H,14-17H2,1-5H3,(H,28,31)/t18-,23?/m1/s1. The van der Waals surface area contributed by atoms with Crippen molar-refractivity contribution in [3.8, 4) is 5.75 Å². The van der Waals surface area contributed by atoms with E-state index in [1.165, 1.54) is 0 Å². The number of piperazine rings is 1. The molecule has 3 rings (SSSR count). The van der Waals surface area contributed by atoms with E-state index in [0.29, 0.717) is 24.4 Å². The van der Waals surface area contributed by atoms with Crippen LogP contribution in [0.25, 0.3) is 0 Å². The van der Waals surface area contributed by atoms with Crippen LogP contribution in [0.3, 0.4) is 0 Å². The monoisotopic (exact) mass is 531 g/mol. The van der Waals surface area contributed by atoms with Gasteiger partial charge in [-0.15, -0.1) is 0 Å². The Morgan fingerprint density at radius 1 is 1.09 bits per heavy atom. The van der Waals surface area contributed by atoms with Gasteiger partial charge in [-0.05, 0) is 69.7 Å². The van der Waals surface area contributed by atoms with E-state index in [2.05, 4.69) is 26.1 Å². The molecule has 2 aromatic rings. The number of carbonyl (C=O) groups is 2. The molecule has 1 fully saturated rings. The van der Waals surface area contributed by atoms with Crippen LogP contribution in [0.5, 0.6) is 5.75 Å². The first-order valence-electron chi connectivity index (χ1n) is 11.5. The summed E-state index contributed by atoms with van der Waals surface area (Å²) in [5.41, 5.74) is 1.13. The molecule has 1 unspecified atom stereocenters. The van der Waals surface area contributed by atoms with Crippen molar-refractivity contribution in [3.05, 3.63) is 64.1 Å². The first kappa shape index (κ1) is 26.0. The highest BCUT2D eigenvalue weighted by Gasteiger charge is 2.32. The quantitative estimate of drug-likeness (QED) is 0.575. The van der Waals surface area contributed by atoms with Gasteiger partial charge in [0.1, 0.15) is 17.5 Å². The molecule has 8 heteroatoms. The average Bonchev–Trinajstić information content (AvgIpc) is 2.78. The van der Waals surface area contributed by atoms with E-state index < -0.39 is 5.60 Å². The van der Waals surface area contributed by atoms with Crippen molar-refractivity contribution in [2.24, 2.45) is 0 Å². The normalized spacial score (nSPS) is 17.7. The lowest BCUT2D eigenvalue weighted by Gasteiger charge is -2.41. The molecule has 1 aliphatic rings. The zero-order valence-electron chi connectivity index (χ0n) is 20.5. The SMILES string of the molecule is CNC(=O)c1ccc(OC(CN2CCN(C(=O)OC(C)(C)C)[C@H](C)C2)c2ccc(Br)cc2)cc1. The Morgan fingerprint density at radius 3 is 2.29 bits per heavy atom. The third-order valence-electron chi connectivity index (χ3n) is 5.63. The summed E-state index contributed by atoms with van der Waals surface area (Å²) >= 11 is 3.50. The number of carbonyl (C=O) groups excluding carboxylic acids is 2. The summed E-state index contributed by atoms with van der Waals surface area (Å²) in [7, 11) is 1.61. The molecule has 1 heterocycles. The van der Waals surface area contributed by atoms with Crippen LogP contribution in [0, 0.1) is 0 Å². The number of hydrogen-bond acceptors (Lipinski definition) is 5. The van der Waals surface area contributed by atoms with Crippen molar-refractivity contribution in [1.82, 2.24) is 15.1 Å². The topological polar surface area (TPSA) is 71.1 Å². The van der Waals surface area contributed by atoms with Gasteiger partial charge in [0, 0.05) is 49.3 Å². The summed E-state index contributed by atoms with van der Waals surface area (Å²) in [6.07, 6.45) is -0.476. The zero-order chi connectivity index (χ0) is 24.9. The van der Waals surface area contributed by atoms with Gasteiger partial charge in [0.15, 0.2) is 0 Å². The molecule has 1 N–H and O–H groups in total. The summed E-state index contributed by atoms with van der Waals surface area (Å²) in [5, 5.41) is 2.63. The number of rotatable bonds is 6. The number of nitrogens with zero attached hydrogens (tertiary/aromatic N) is 2. The molecule has 0 saturated carbocycles. The third-order valence-corrected chi connectivity index (χ3v) is 6.16. The van der Waals surface area contributed by atoms with Gasteiger partial charge in [0.05, 0.1) is 0 Å². The van der Waals surface area contributed by atoms with Crippen molar-refractivity contribution >= 4 is 27.9 Å². The van der Waals surface area contributed by atoms with Crippen LogP contribution in [0.2, 0.25) is 0 Å². The zero-order valence-corrected chi connectivity index (χ0v) is 22.1. The van der Waals surface area contributed by atoms with E-state index in [1.807, 2.05) is 64.1 Å². The molecule has 2 aromatic carbocycles. The van der Waals surface area contributed by atoms with Crippen LogP contribution >= 0.6 is 15.9 Å². The number of amides is 2. The van der Waals surface area contributed by atoms with Crippen LogP contribution in [0.1, 0.15) is 49.7 Å². The van der Waals surface area contributed by atoms with E-state index in [0.717, 1.165) is 23.1 Å².